The Morgan fingerprint density at radius 3 is 1.96 bits per heavy atom. The van der Waals surface area contributed by atoms with E-state index in [1.54, 1.807) is 18.2 Å². The average molecular weight is 399 g/mol. The summed E-state index contributed by atoms with van der Waals surface area (Å²) in [5.41, 5.74) is 0.0298. The Morgan fingerprint density at radius 1 is 0.885 bits per heavy atom. The zero-order valence-electron chi connectivity index (χ0n) is 13.7. The summed E-state index contributed by atoms with van der Waals surface area (Å²) in [5, 5.41) is 10.9. The van der Waals surface area contributed by atoms with Gasteiger partial charge in [-0.2, -0.15) is 0 Å². The number of aryl methyl sites for hydroxylation is 1. The molecule has 0 spiro atoms. The van der Waals surface area contributed by atoms with E-state index in [4.69, 9.17) is 0 Å². The van der Waals surface area contributed by atoms with E-state index in [0.717, 1.165) is 6.07 Å². The van der Waals surface area contributed by atoms with E-state index in [2.05, 4.69) is 9.44 Å². The van der Waals surface area contributed by atoms with Crippen LogP contribution in [0.15, 0.2) is 58.3 Å². The highest BCUT2D eigenvalue weighted by Crippen LogP contribution is 2.21. The molecule has 0 aromatic heterocycles. The molecule has 140 valence electrons. The smallest absolute Gasteiger partial charge is 0.258 e. The fraction of sp³-hybridized carbons (Fsp3) is 0.200. The lowest BCUT2D eigenvalue weighted by atomic mass is 10.2. The molecule has 9 nitrogen and oxygen atoms in total. The molecule has 0 aliphatic carbocycles. The van der Waals surface area contributed by atoms with Crippen LogP contribution in [0, 0.1) is 17.0 Å². The molecule has 2 aromatic rings. The van der Waals surface area contributed by atoms with Crippen LogP contribution in [0.5, 0.6) is 0 Å². The maximum absolute atomic E-state index is 12.2. The van der Waals surface area contributed by atoms with Crippen LogP contribution in [0.4, 0.5) is 5.69 Å². The maximum atomic E-state index is 12.2. The summed E-state index contributed by atoms with van der Waals surface area (Å²) in [6.07, 6.45) is 0. The minimum Gasteiger partial charge on any atom is -0.258 e. The highest BCUT2D eigenvalue weighted by atomic mass is 32.2. The molecule has 0 unspecified atom stereocenters. The van der Waals surface area contributed by atoms with Crippen LogP contribution < -0.4 is 9.44 Å². The lowest BCUT2D eigenvalue weighted by molar-refractivity contribution is -0.385. The highest BCUT2D eigenvalue weighted by Gasteiger charge is 2.20. The first kappa shape index (κ1) is 20.0. The van der Waals surface area contributed by atoms with Gasteiger partial charge in [-0.15, -0.1) is 0 Å². The SMILES string of the molecule is Cc1ccc(S(=O)(=O)NCCNS(=O)(=O)c2ccccc2)cc1[N+](=O)[O-]. The van der Waals surface area contributed by atoms with Crippen molar-refractivity contribution in [2.24, 2.45) is 0 Å². The Hall–Kier alpha value is -2.34. The lowest BCUT2D eigenvalue weighted by Crippen LogP contribution is -2.34. The third-order valence-electron chi connectivity index (χ3n) is 3.45. The second kappa shape index (κ2) is 7.91. The molecule has 0 radical (unpaired) electrons. The average Bonchev–Trinajstić information content (AvgIpc) is 2.59. The second-order valence-electron chi connectivity index (χ2n) is 5.31. The number of sulfonamides is 2. The van der Waals surface area contributed by atoms with E-state index in [9.17, 15) is 26.9 Å². The van der Waals surface area contributed by atoms with Gasteiger partial charge in [-0.05, 0) is 25.1 Å². The molecule has 0 amide bonds. The van der Waals surface area contributed by atoms with Crippen molar-refractivity contribution in [2.45, 2.75) is 16.7 Å². The first-order chi connectivity index (χ1) is 12.1. The Balaban J connectivity index is 2.01. The van der Waals surface area contributed by atoms with Crippen molar-refractivity contribution in [2.75, 3.05) is 13.1 Å². The van der Waals surface area contributed by atoms with E-state index >= 15 is 0 Å². The molecule has 0 bridgehead atoms. The van der Waals surface area contributed by atoms with E-state index in [-0.39, 0.29) is 28.6 Å². The number of nitrogens with zero attached hydrogens (tertiary/aromatic N) is 1. The standard InChI is InChI=1S/C15H17N3O6S2/c1-12-7-8-14(11-15(12)18(19)20)26(23,24)17-10-9-16-25(21,22)13-5-3-2-4-6-13/h2-8,11,16-17H,9-10H2,1H3. The van der Waals surface area contributed by atoms with E-state index in [0.29, 0.717) is 5.56 Å². The van der Waals surface area contributed by atoms with Crippen molar-refractivity contribution < 1.29 is 21.8 Å². The summed E-state index contributed by atoms with van der Waals surface area (Å²) in [7, 11) is -7.75. The Labute approximate surface area is 151 Å². The predicted octanol–water partition coefficient (Wildman–Crippen LogP) is 1.16. The zero-order valence-corrected chi connectivity index (χ0v) is 15.4. The van der Waals surface area contributed by atoms with Gasteiger partial charge < -0.3 is 0 Å². The van der Waals surface area contributed by atoms with Gasteiger partial charge in [0.05, 0.1) is 14.7 Å². The fourth-order valence-corrected chi connectivity index (χ4v) is 4.19. The highest BCUT2D eigenvalue weighted by molar-refractivity contribution is 7.89. The maximum Gasteiger partial charge on any atom is 0.273 e. The van der Waals surface area contributed by atoms with E-state index < -0.39 is 25.0 Å². The molecule has 2 N–H and O–H groups in total. The Morgan fingerprint density at radius 2 is 1.42 bits per heavy atom. The van der Waals surface area contributed by atoms with Gasteiger partial charge in [0.2, 0.25) is 20.0 Å². The normalized spacial score (nSPS) is 12.0. The molecule has 0 aliphatic rings. The summed E-state index contributed by atoms with van der Waals surface area (Å²) < 4.78 is 52.9. The molecule has 0 aliphatic heterocycles. The molecule has 0 fully saturated rings. The third kappa shape index (κ3) is 4.85. The van der Waals surface area contributed by atoms with Gasteiger partial charge in [-0.1, -0.05) is 24.3 Å². The summed E-state index contributed by atoms with van der Waals surface area (Å²) in [6.45, 7) is 1.11. The predicted molar refractivity (Wildman–Crippen MR) is 94.7 cm³/mol. The van der Waals surface area contributed by atoms with E-state index in [1.807, 2.05) is 0 Å². The van der Waals surface area contributed by atoms with Crippen LogP contribution in [0.1, 0.15) is 5.56 Å². The number of hydrogen-bond acceptors (Lipinski definition) is 6. The summed E-state index contributed by atoms with van der Waals surface area (Å²) in [4.78, 5) is 10.1. The number of hydrogen-bond donors (Lipinski definition) is 2. The Kier molecular flexibility index (Phi) is 6.08. The number of nitro benzene ring substituents is 1. The van der Waals surface area contributed by atoms with Crippen LogP contribution in [0.3, 0.4) is 0 Å². The van der Waals surface area contributed by atoms with Crippen LogP contribution in [0.25, 0.3) is 0 Å². The molecule has 0 heterocycles. The molecule has 2 rings (SSSR count). The lowest BCUT2D eigenvalue weighted by Gasteiger charge is -2.09. The second-order valence-corrected chi connectivity index (χ2v) is 8.85. The van der Waals surface area contributed by atoms with Crippen molar-refractivity contribution in [3.63, 3.8) is 0 Å². The minimum atomic E-state index is -4.00. The van der Waals surface area contributed by atoms with Crippen molar-refractivity contribution in [3.05, 3.63) is 64.2 Å². The van der Waals surface area contributed by atoms with Gasteiger partial charge >= 0.3 is 0 Å². The van der Waals surface area contributed by atoms with Gasteiger partial charge in [0.1, 0.15) is 0 Å². The van der Waals surface area contributed by atoms with Gasteiger partial charge in [0.25, 0.3) is 5.69 Å². The summed E-state index contributed by atoms with van der Waals surface area (Å²) >= 11 is 0. The van der Waals surface area contributed by atoms with Crippen molar-refractivity contribution in [3.8, 4) is 0 Å². The Bertz CT molecular complexity index is 1000. The molecule has 2 aromatic carbocycles. The van der Waals surface area contributed by atoms with Crippen LogP contribution in [-0.4, -0.2) is 34.8 Å². The number of nitrogens with one attached hydrogen (secondary N) is 2. The van der Waals surface area contributed by atoms with Gasteiger partial charge in [-0.25, -0.2) is 26.3 Å². The molecule has 0 atom stereocenters. The molecule has 0 saturated heterocycles. The van der Waals surface area contributed by atoms with Crippen molar-refractivity contribution >= 4 is 25.7 Å². The van der Waals surface area contributed by atoms with Crippen LogP contribution in [-0.2, 0) is 20.0 Å². The summed E-state index contributed by atoms with van der Waals surface area (Å²) in [6, 6.07) is 11.2. The largest absolute Gasteiger partial charge is 0.273 e. The molecular formula is C15H17N3O6S2. The van der Waals surface area contributed by atoms with Crippen molar-refractivity contribution in [1.29, 1.82) is 0 Å². The molecular weight excluding hydrogens is 382 g/mol. The first-order valence-electron chi connectivity index (χ1n) is 7.43. The number of nitro groups is 1. The monoisotopic (exact) mass is 399 g/mol. The van der Waals surface area contributed by atoms with Crippen molar-refractivity contribution in [1.82, 2.24) is 9.44 Å². The summed E-state index contributed by atoms with van der Waals surface area (Å²) in [5.74, 6) is 0. The molecule has 11 heteroatoms. The third-order valence-corrected chi connectivity index (χ3v) is 6.39. The van der Waals surface area contributed by atoms with Crippen LogP contribution in [0.2, 0.25) is 0 Å². The van der Waals surface area contributed by atoms with Gasteiger partial charge in [-0.3, -0.25) is 10.1 Å². The first-order valence-corrected chi connectivity index (χ1v) is 10.4. The van der Waals surface area contributed by atoms with Gasteiger partial charge in [0, 0.05) is 24.7 Å². The molecule has 26 heavy (non-hydrogen) atoms. The van der Waals surface area contributed by atoms with Crippen LogP contribution >= 0.6 is 0 Å². The number of benzene rings is 2. The van der Waals surface area contributed by atoms with Gasteiger partial charge in [0.15, 0.2) is 0 Å². The number of rotatable bonds is 8. The molecule has 0 saturated carbocycles. The zero-order chi connectivity index (χ0) is 19.4. The van der Waals surface area contributed by atoms with E-state index in [1.165, 1.54) is 31.2 Å². The topological polar surface area (TPSA) is 135 Å². The minimum absolute atomic E-state index is 0.0667. The quantitative estimate of drug-likeness (QED) is 0.388. The fourth-order valence-electron chi connectivity index (χ4n) is 2.09.